The van der Waals surface area contributed by atoms with Gasteiger partial charge in [0.1, 0.15) is 5.82 Å². The zero-order valence-corrected chi connectivity index (χ0v) is 10.9. The molecule has 1 fully saturated rings. The van der Waals surface area contributed by atoms with Gasteiger partial charge in [0.2, 0.25) is 0 Å². The second-order valence-electron chi connectivity index (χ2n) is 5.06. The van der Waals surface area contributed by atoms with Crippen LogP contribution in [0.4, 0.5) is 4.39 Å². The largest absolute Gasteiger partial charge is 0.376 e. The van der Waals surface area contributed by atoms with Crippen LogP contribution < -0.4 is 5.73 Å². The van der Waals surface area contributed by atoms with Crippen LogP contribution in [0.5, 0.6) is 0 Å². The van der Waals surface area contributed by atoms with E-state index in [4.69, 9.17) is 10.5 Å². The van der Waals surface area contributed by atoms with Crippen molar-refractivity contribution in [3.8, 4) is 0 Å². The second kappa shape index (κ2) is 5.76. The molecule has 2 N–H and O–H groups in total. The summed E-state index contributed by atoms with van der Waals surface area (Å²) in [5.74, 6) is -0.342. The Hall–Kier alpha value is -1.00. The van der Waals surface area contributed by atoms with Gasteiger partial charge in [0, 0.05) is 18.9 Å². The average molecular weight is 252 g/mol. The Kier molecular flexibility index (Phi) is 4.30. The molecule has 0 aromatic carbocycles. The highest BCUT2D eigenvalue weighted by molar-refractivity contribution is 5.21. The first-order chi connectivity index (χ1) is 8.69. The fourth-order valence-electron chi connectivity index (χ4n) is 2.89. The molecule has 18 heavy (non-hydrogen) atoms. The fourth-order valence-corrected chi connectivity index (χ4v) is 2.89. The van der Waals surface area contributed by atoms with Crippen LogP contribution in [0, 0.1) is 5.82 Å². The third-order valence-corrected chi connectivity index (χ3v) is 4.06. The zero-order valence-electron chi connectivity index (χ0n) is 10.9. The summed E-state index contributed by atoms with van der Waals surface area (Å²) in [6.45, 7) is 0. The van der Waals surface area contributed by atoms with E-state index in [1.807, 2.05) is 0 Å². The zero-order chi connectivity index (χ0) is 13.0. The van der Waals surface area contributed by atoms with Crippen LogP contribution in [-0.2, 0) is 4.74 Å². The van der Waals surface area contributed by atoms with E-state index in [2.05, 4.69) is 4.98 Å². The van der Waals surface area contributed by atoms with E-state index in [0.29, 0.717) is 5.56 Å². The molecule has 1 atom stereocenters. The minimum absolute atomic E-state index is 0.342. The van der Waals surface area contributed by atoms with Crippen molar-refractivity contribution in [1.82, 2.24) is 4.98 Å². The van der Waals surface area contributed by atoms with Crippen LogP contribution >= 0.6 is 0 Å². The molecule has 0 spiro atoms. The molecule has 1 heterocycles. The summed E-state index contributed by atoms with van der Waals surface area (Å²) < 4.78 is 19.5. The number of rotatable bonds is 3. The van der Waals surface area contributed by atoms with Gasteiger partial charge in [-0.2, -0.15) is 0 Å². The Balaban J connectivity index is 2.28. The molecule has 2 rings (SSSR count). The first-order valence-corrected chi connectivity index (χ1v) is 6.60. The minimum atomic E-state index is -0.432. The Morgan fingerprint density at radius 3 is 2.56 bits per heavy atom. The number of methoxy groups -OCH3 is 1. The lowest BCUT2D eigenvalue weighted by Crippen LogP contribution is -2.43. The molecule has 1 unspecified atom stereocenters. The van der Waals surface area contributed by atoms with Gasteiger partial charge in [-0.15, -0.1) is 0 Å². The van der Waals surface area contributed by atoms with E-state index < -0.39 is 11.6 Å². The van der Waals surface area contributed by atoms with Crippen molar-refractivity contribution >= 4 is 0 Å². The van der Waals surface area contributed by atoms with Gasteiger partial charge in [-0.3, -0.25) is 4.98 Å². The Morgan fingerprint density at radius 2 is 2.00 bits per heavy atom. The van der Waals surface area contributed by atoms with Crippen molar-refractivity contribution in [1.29, 1.82) is 0 Å². The summed E-state index contributed by atoms with van der Waals surface area (Å²) >= 11 is 0. The predicted octanol–water partition coefficient (Wildman–Crippen LogP) is 2.96. The van der Waals surface area contributed by atoms with Crippen molar-refractivity contribution in [3.63, 3.8) is 0 Å². The summed E-state index contributed by atoms with van der Waals surface area (Å²) in [4.78, 5) is 3.77. The lowest BCUT2D eigenvalue weighted by atomic mass is 9.83. The number of aromatic nitrogens is 1. The van der Waals surface area contributed by atoms with Gasteiger partial charge in [0.15, 0.2) is 0 Å². The first-order valence-electron chi connectivity index (χ1n) is 6.60. The Morgan fingerprint density at radius 1 is 1.33 bits per heavy atom. The molecule has 3 nitrogen and oxygen atoms in total. The maximum absolute atomic E-state index is 13.8. The molecule has 0 amide bonds. The number of nitrogens with zero attached hydrogens (tertiary/aromatic N) is 1. The average Bonchev–Trinajstić information content (AvgIpc) is 2.65. The van der Waals surface area contributed by atoms with Crippen LogP contribution in [0.3, 0.4) is 0 Å². The quantitative estimate of drug-likeness (QED) is 0.841. The Bertz CT molecular complexity index is 389. The molecule has 1 saturated carbocycles. The molecule has 1 aliphatic rings. The summed E-state index contributed by atoms with van der Waals surface area (Å²) in [6, 6.07) is 1.23. The maximum atomic E-state index is 13.8. The highest BCUT2D eigenvalue weighted by Gasteiger charge is 2.39. The molecule has 1 aromatic heterocycles. The summed E-state index contributed by atoms with van der Waals surface area (Å²) in [5.41, 5.74) is 6.37. The predicted molar refractivity (Wildman–Crippen MR) is 68.6 cm³/mol. The van der Waals surface area contributed by atoms with Gasteiger partial charge in [-0.05, 0) is 18.9 Å². The van der Waals surface area contributed by atoms with Crippen molar-refractivity contribution in [2.75, 3.05) is 7.11 Å². The molecule has 0 saturated heterocycles. The number of nitrogens with two attached hydrogens (primary N) is 1. The van der Waals surface area contributed by atoms with Crippen LogP contribution in [-0.4, -0.2) is 17.7 Å². The molecule has 1 aliphatic carbocycles. The number of ether oxygens (including phenoxy) is 1. The molecular weight excluding hydrogens is 231 g/mol. The van der Waals surface area contributed by atoms with Crippen LogP contribution in [0.25, 0.3) is 0 Å². The normalized spacial score (nSPS) is 21.3. The van der Waals surface area contributed by atoms with Crippen LogP contribution in [0.2, 0.25) is 0 Å². The number of hydrogen-bond donors (Lipinski definition) is 1. The standard InChI is InChI=1S/C14H21FN2O/c1-18-14(7-4-2-3-5-8-14)13(16)11-6-9-17-10-12(11)15/h6,9-10,13H,2-5,7-8,16H2,1H3. The van der Waals surface area contributed by atoms with E-state index in [1.165, 1.54) is 19.0 Å². The number of halogens is 1. The van der Waals surface area contributed by atoms with Crippen molar-refractivity contribution in [2.45, 2.75) is 50.2 Å². The van der Waals surface area contributed by atoms with Crippen LogP contribution in [0.1, 0.15) is 50.1 Å². The van der Waals surface area contributed by atoms with Gasteiger partial charge in [0.25, 0.3) is 0 Å². The molecule has 0 aliphatic heterocycles. The summed E-state index contributed by atoms with van der Waals surface area (Å²) in [6.07, 6.45) is 9.18. The van der Waals surface area contributed by atoms with Gasteiger partial charge in [0.05, 0.1) is 17.8 Å². The van der Waals surface area contributed by atoms with E-state index in [0.717, 1.165) is 25.7 Å². The highest BCUT2D eigenvalue weighted by atomic mass is 19.1. The fraction of sp³-hybridized carbons (Fsp3) is 0.643. The van der Waals surface area contributed by atoms with E-state index >= 15 is 0 Å². The third-order valence-electron chi connectivity index (χ3n) is 4.06. The summed E-state index contributed by atoms with van der Waals surface area (Å²) in [7, 11) is 1.68. The molecule has 0 bridgehead atoms. The van der Waals surface area contributed by atoms with E-state index in [9.17, 15) is 4.39 Å². The number of hydrogen-bond acceptors (Lipinski definition) is 3. The van der Waals surface area contributed by atoms with Crippen molar-refractivity contribution in [2.24, 2.45) is 5.73 Å². The van der Waals surface area contributed by atoms with E-state index in [-0.39, 0.29) is 5.82 Å². The van der Waals surface area contributed by atoms with Gasteiger partial charge < -0.3 is 10.5 Å². The minimum Gasteiger partial charge on any atom is -0.376 e. The van der Waals surface area contributed by atoms with Crippen molar-refractivity contribution in [3.05, 3.63) is 29.8 Å². The van der Waals surface area contributed by atoms with Crippen LogP contribution in [0.15, 0.2) is 18.5 Å². The topological polar surface area (TPSA) is 48.1 Å². The second-order valence-corrected chi connectivity index (χ2v) is 5.06. The monoisotopic (exact) mass is 252 g/mol. The lowest BCUT2D eigenvalue weighted by Gasteiger charge is -2.37. The summed E-state index contributed by atoms with van der Waals surface area (Å²) in [5, 5.41) is 0. The van der Waals surface area contributed by atoms with Gasteiger partial charge in [-0.1, -0.05) is 25.7 Å². The molecule has 0 radical (unpaired) electrons. The maximum Gasteiger partial charge on any atom is 0.146 e. The smallest absolute Gasteiger partial charge is 0.146 e. The highest BCUT2D eigenvalue weighted by Crippen LogP contribution is 2.39. The SMILES string of the molecule is COC1(C(N)c2ccncc2F)CCCCCC1. The number of pyridine rings is 1. The van der Waals surface area contributed by atoms with Gasteiger partial charge >= 0.3 is 0 Å². The Labute approximate surface area is 108 Å². The lowest BCUT2D eigenvalue weighted by molar-refractivity contribution is -0.0449. The first kappa shape index (κ1) is 13.4. The molecular formula is C14H21FN2O. The molecule has 1 aromatic rings. The third kappa shape index (κ3) is 2.54. The molecule has 100 valence electrons. The molecule has 4 heteroatoms. The van der Waals surface area contributed by atoms with Crippen molar-refractivity contribution < 1.29 is 9.13 Å². The van der Waals surface area contributed by atoms with Gasteiger partial charge in [-0.25, -0.2) is 4.39 Å². The van der Waals surface area contributed by atoms with E-state index in [1.54, 1.807) is 19.4 Å².